The number of carbonyl (C=O) groups excluding carboxylic acids is 2. The van der Waals surface area contributed by atoms with Gasteiger partial charge in [0.15, 0.2) is 0 Å². The lowest BCUT2D eigenvalue weighted by Crippen LogP contribution is -2.45. The Kier molecular flexibility index (Phi) is 5.26. The highest BCUT2D eigenvalue weighted by atomic mass is 35.5. The van der Waals surface area contributed by atoms with Crippen LogP contribution in [0.3, 0.4) is 0 Å². The van der Waals surface area contributed by atoms with Crippen LogP contribution in [0.4, 0.5) is 4.79 Å². The molecule has 6 nitrogen and oxygen atoms in total. The van der Waals surface area contributed by atoms with Gasteiger partial charge in [0.2, 0.25) is 5.91 Å². The Bertz CT molecular complexity index is 547. The van der Waals surface area contributed by atoms with Crippen LogP contribution in [0.25, 0.3) is 0 Å². The molecule has 0 aromatic heterocycles. The molecule has 0 bridgehead atoms. The molecule has 1 aromatic rings. The first kappa shape index (κ1) is 16.6. The molecule has 1 unspecified atom stereocenters. The third kappa shape index (κ3) is 3.90. The summed E-state index contributed by atoms with van der Waals surface area (Å²) in [6.07, 6.45) is -1.09. The summed E-state index contributed by atoms with van der Waals surface area (Å²) in [7, 11) is 3.23. The number of halogens is 1. The molecule has 2 amide bonds. The number of amides is 2. The molecule has 120 valence electrons. The van der Waals surface area contributed by atoms with Gasteiger partial charge in [-0.3, -0.25) is 9.69 Å². The van der Waals surface area contributed by atoms with E-state index < -0.39 is 18.2 Å². The molecule has 2 atom stereocenters. The normalized spacial score (nSPS) is 20.8. The quantitative estimate of drug-likeness (QED) is 0.914. The van der Waals surface area contributed by atoms with Crippen molar-refractivity contribution in [2.75, 3.05) is 20.6 Å². The molecule has 1 aliphatic heterocycles. The van der Waals surface area contributed by atoms with Crippen molar-refractivity contribution in [2.45, 2.75) is 25.2 Å². The molecular weight excluding hydrogens is 308 g/mol. The predicted molar refractivity (Wildman–Crippen MR) is 81.4 cm³/mol. The molecular formula is C15H19ClN2O4. The van der Waals surface area contributed by atoms with Crippen LogP contribution in [-0.2, 0) is 16.1 Å². The van der Waals surface area contributed by atoms with Crippen molar-refractivity contribution in [2.24, 2.45) is 0 Å². The Labute approximate surface area is 134 Å². The van der Waals surface area contributed by atoms with Crippen molar-refractivity contribution < 1.29 is 19.4 Å². The maximum atomic E-state index is 12.2. The lowest BCUT2D eigenvalue weighted by Gasteiger charge is -2.25. The highest BCUT2D eigenvalue weighted by Gasteiger charge is 2.40. The Morgan fingerprint density at radius 3 is 2.59 bits per heavy atom. The zero-order valence-corrected chi connectivity index (χ0v) is 13.3. The summed E-state index contributed by atoms with van der Waals surface area (Å²) in [5.41, 5.74) is 0.799. The number of likely N-dealkylation sites (tertiary alicyclic amines) is 1. The number of β-amino-alcohol motifs (C(OH)–C–C–N with tert-alkyl or cyclic N) is 1. The predicted octanol–water partition coefficient (Wildman–Crippen LogP) is 1.50. The van der Waals surface area contributed by atoms with Crippen LogP contribution in [-0.4, -0.2) is 59.7 Å². The van der Waals surface area contributed by atoms with E-state index in [4.69, 9.17) is 16.3 Å². The van der Waals surface area contributed by atoms with Crippen molar-refractivity contribution >= 4 is 23.6 Å². The molecule has 1 aromatic carbocycles. The largest absolute Gasteiger partial charge is 0.445 e. The SMILES string of the molecule is CN(C)C(=O)[C@@H]1CC(O)CN1C(=O)OCc1ccc(Cl)cc1. The van der Waals surface area contributed by atoms with E-state index in [0.717, 1.165) is 5.56 Å². The third-order valence-corrected chi connectivity index (χ3v) is 3.77. The van der Waals surface area contributed by atoms with Crippen molar-refractivity contribution in [3.05, 3.63) is 34.9 Å². The summed E-state index contributed by atoms with van der Waals surface area (Å²) in [4.78, 5) is 26.9. The van der Waals surface area contributed by atoms with Gasteiger partial charge in [0.25, 0.3) is 0 Å². The van der Waals surface area contributed by atoms with Gasteiger partial charge in [-0.05, 0) is 17.7 Å². The molecule has 0 aliphatic carbocycles. The number of ether oxygens (including phenoxy) is 1. The van der Waals surface area contributed by atoms with Gasteiger partial charge in [-0.2, -0.15) is 0 Å². The van der Waals surface area contributed by atoms with Crippen LogP contribution in [0.2, 0.25) is 5.02 Å². The molecule has 1 fully saturated rings. The number of aliphatic hydroxyl groups is 1. The molecule has 1 N–H and O–H groups in total. The minimum Gasteiger partial charge on any atom is -0.445 e. The van der Waals surface area contributed by atoms with Gasteiger partial charge in [0.1, 0.15) is 12.6 Å². The van der Waals surface area contributed by atoms with Gasteiger partial charge < -0.3 is 14.7 Å². The lowest BCUT2D eigenvalue weighted by molar-refractivity contribution is -0.133. The van der Waals surface area contributed by atoms with E-state index in [1.807, 2.05) is 0 Å². The fraction of sp³-hybridized carbons (Fsp3) is 0.467. The third-order valence-electron chi connectivity index (χ3n) is 3.51. The molecule has 7 heteroatoms. The van der Waals surface area contributed by atoms with Gasteiger partial charge in [0.05, 0.1) is 12.6 Å². The summed E-state index contributed by atoms with van der Waals surface area (Å²) in [5.74, 6) is -0.222. The van der Waals surface area contributed by atoms with E-state index in [0.29, 0.717) is 5.02 Å². The topological polar surface area (TPSA) is 70.1 Å². The number of hydrogen-bond acceptors (Lipinski definition) is 4. The zero-order chi connectivity index (χ0) is 16.3. The smallest absolute Gasteiger partial charge is 0.410 e. The fourth-order valence-corrected chi connectivity index (χ4v) is 2.48. The minimum atomic E-state index is -0.711. The second kappa shape index (κ2) is 6.98. The molecule has 0 spiro atoms. The van der Waals surface area contributed by atoms with E-state index in [1.165, 1.54) is 9.80 Å². The summed E-state index contributed by atoms with van der Waals surface area (Å²) < 4.78 is 5.22. The van der Waals surface area contributed by atoms with Crippen LogP contribution in [0.5, 0.6) is 0 Å². The molecule has 2 rings (SSSR count). The van der Waals surface area contributed by atoms with Gasteiger partial charge in [-0.25, -0.2) is 4.79 Å². The maximum absolute atomic E-state index is 12.2. The monoisotopic (exact) mass is 326 g/mol. The van der Waals surface area contributed by atoms with Crippen molar-refractivity contribution in [1.82, 2.24) is 9.80 Å². The van der Waals surface area contributed by atoms with Crippen LogP contribution < -0.4 is 0 Å². The Morgan fingerprint density at radius 2 is 2.00 bits per heavy atom. The van der Waals surface area contributed by atoms with Crippen LogP contribution in [0, 0.1) is 0 Å². The van der Waals surface area contributed by atoms with Gasteiger partial charge in [-0.1, -0.05) is 23.7 Å². The molecule has 1 aliphatic rings. The molecule has 22 heavy (non-hydrogen) atoms. The van der Waals surface area contributed by atoms with E-state index in [2.05, 4.69) is 0 Å². The van der Waals surface area contributed by atoms with Gasteiger partial charge in [0, 0.05) is 25.5 Å². The van der Waals surface area contributed by atoms with Crippen LogP contribution >= 0.6 is 11.6 Å². The van der Waals surface area contributed by atoms with Gasteiger partial charge >= 0.3 is 6.09 Å². The summed E-state index contributed by atoms with van der Waals surface area (Å²) >= 11 is 5.79. The Hall–Kier alpha value is -1.79. The number of carbonyl (C=O) groups is 2. The van der Waals surface area contributed by atoms with E-state index >= 15 is 0 Å². The van der Waals surface area contributed by atoms with Crippen LogP contribution in [0.15, 0.2) is 24.3 Å². The highest BCUT2D eigenvalue weighted by molar-refractivity contribution is 6.30. The Morgan fingerprint density at radius 1 is 1.36 bits per heavy atom. The second-order valence-corrected chi connectivity index (χ2v) is 5.91. The summed E-state index contributed by atoms with van der Waals surface area (Å²) in [6.45, 7) is 0.190. The van der Waals surface area contributed by atoms with E-state index in [9.17, 15) is 14.7 Å². The standard InChI is InChI=1S/C15H19ClN2O4/c1-17(2)14(20)13-7-12(19)8-18(13)15(21)22-9-10-3-5-11(16)6-4-10/h3-6,12-13,19H,7-9H2,1-2H3/t12?,13-/m0/s1. The maximum Gasteiger partial charge on any atom is 0.410 e. The zero-order valence-electron chi connectivity index (χ0n) is 12.5. The number of nitrogens with zero attached hydrogens (tertiary/aromatic N) is 2. The van der Waals surface area contributed by atoms with E-state index in [1.54, 1.807) is 38.4 Å². The van der Waals surface area contributed by atoms with Crippen molar-refractivity contribution in [1.29, 1.82) is 0 Å². The van der Waals surface area contributed by atoms with Crippen LogP contribution in [0.1, 0.15) is 12.0 Å². The first-order valence-electron chi connectivity index (χ1n) is 6.95. The number of rotatable bonds is 3. The van der Waals surface area contributed by atoms with Crippen molar-refractivity contribution in [3.63, 3.8) is 0 Å². The number of hydrogen-bond donors (Lipinski definition) is 1. The average Bonchev–Trinajstić information content (AvgIpc) is 2.87. The van der Waals surface area contributed by atoms with E-state index in [-0.39, 0.29) is 25.5 Å². The lowest BCUT2D eigenvalue weighted by atomic mass is 10.2. The first-order valence-corrected chi connectivity index (χ1v) is 7.33. The summed E-state index contributed by atoms with van der Waals surface area (Å²) in [5, 5.41) is 10.3. The molecule has 1 saturated heterocycles. The fourth-order valence-electron chi connectivity index (χ4n) is 2.36. The highest BCUT2D eigenvalue weighted by Crippen LogP contribution is 2.21. The Balaban J connectivity index is 1.98. The first-order chi connectivity index (χ1) is 10.4. The number of benzene rings is 1. The van der Waals surface area contributed by atoms with Gasteiger partial charge in [-0.15, -0.1) is 0 Å². The second-order valence-electron chi connectivity index (χ2n) is 5.47. The average molecular weight is 327 g/mol. The molecule has 0 saturated carbocycles. The minimum absolute atomic E-state index is 0.0888. The summed E-state index contributed by atoms with van der Waals surface area (Å²) in [6, 6.07) is 6.27. The molecule has 1 heterocycles. The number of likely N-dealkylation sites (N-methyl/N-ethyl adjacent to an activating group) is 1. The van der Waals surface area contributed by atoms with Crippen molar-refractivity contribution in [3.8, 4) is 0 Å². The molecule has 0 radical (unpaired) electrons. The number of aliphatic hydroxyl groups excluding tert-OH is 1.